The Morgan fingerprint density at radius 1 is 0.486 bits per heavy atom. The summed E-state index contributed by atoms with van der Waals surface area (Å²) in [6.45, 7) is 0.369. The summed E-state index contributed by atoms with van der Waals surface area (Å²) < 4.78 is 0. The fourth-order valence-corrected chi connectivity index (χ4v) is 8.89. The van der Waals surface area contributed by atoms with E-state index in [1.165, 1.54) is 21.2 Å². The average Bonchev–Trinajstić information content (AvgIpc) is 2.95. The quantitative estimate of drug-likeness (QED) is 0.109. The van der Waals surface area contributed by atoms with Crippen molar-refractivity contribution < 1.29 is 0 Å². The zero-order valence-corrected chi connectivity index (χ0v) is 20.2. The van der Waals surface area contributed by atoms with Crippen molar-refractivity contribution in [1.82, 2.24) is 0 Å². The van der Waals surface area contributed by atoms with Crippen LogP contribution in [0.2, 0.25) is 0 Å². The van der Waals surface area contributed by atoms with Crippen LogP contribution in [-0.2, 0) is 6.54 Å². The van der Waals surface area contributed by atoms with E-state index in [2.05, 4.69) is 137 Å². The highest BCUT2D eigenvalue weighted by molar-refractivity contribution is 8.01. The molecule has 0 atom stereocenters. The lowest BCUT2D eigenvalue weighted by Crippen LogP contribution is -2.38. The summed E-state index contributed by atoms with van der Waals surface area (Å²) in [5, 5.41) is 9.00. The lowest BCUT2D eigenvalue weighted by Gasteiger charge is -2.27. The van der Waals surface area contributed by atoms with Crippen LogP contribution in [0.15, 0.2) is 145 Å². The molecular weight excluding hydrogens is 445 g/mol. The first-order valence-electron chi connectivity index (χ1n) is 11.6. The van der Waals surface area contributed by atoms with E-state index in [1.807, 2.05) is 12.1 Å². The van der Waals surface area contributed by atoms with Crippen LogP contribution in [0.3, 0.4) is 0 Å². The van der Waals surface area contributed by atoms with Gasteiger partial charge in [-0.05, 0) is 70.8 Å². The molecule has 0 fully saturated rings. The summed E-state index contributed by atoms with van der Waals surface area (Å²) in [6.07, 6.45) is 0. The molecule has 4 heteroatoms. The maximum absolute atomic E-state index is 8.56. The molecule has 0 heterocycles. The second kappa shape index (κ2) is 10.4. The van der Waals surface area contributed by atoms with Crippen LogP contribution in [0.4, 0.5) is 0 Å². The van der Waals surface area contributed by atoms with Gasteiger partial charge in [-0.2, -0.15) is 0 Å². The third-order valence-electron chi connectivity index (χ3n) is 6.29. The van der Waals surface area contributed by atoms with Crippen molar-refractivity contribution in [3.63, 3.8) is 0 Å². The van der Waals surface area contributed by atoms with E-state index in [0.29, 0.717) is 6.54 Å². The maximum Gasteiger partial charge on any atom is 0.144 e. The highest BCUT2D eigenvalue weighted by atomic mass is 31.2. The van der Waals surface area contributed by atoms with Gasteiger partial charge in [-0.3, -0.25) is 0 Å². The Morgan fingerprint density at radius 2 is 0.857 bits per heavy atom. The Labute approximate surface area is 206 Å². The first-order valence-corrected chi connectivity index (χ1v) is 13.4. The van der Waals surface area contributed by atoms with E-state index in [0.717, 1.165) is 16.7 Å². The normalized spacial score (nSPS) is 11.0. The maximum atomic E-state index is 8.56. The molecule has 0 N–H and O–H groups in total. The van der Waals surface area contributed by atoms with Crippen LogP contribution in [0.1, 0.15) is 5.56 Å². The molecule has 0 aromatic heterocycles. The number of rotatable bonds is 7. The highest BCUT2D eigenvalue weighted by Gasteiger charge is 2.47. The van der Waals surface area contributed by atoms with Crippen molar-refractivity contribution >= 4 is 28.5 Å². The van der Waals surface area contributed by atoms with Gasteiger partial charge in [0.2, 0.25) is 0 Å². The molecule has 5 aromatic carbocycles. The Kier molecular flexibility index (Phi) is 6.73. The molecule has 0 bridgehead atoms. The summed E-state index contributed by atoms with van der Waals surface area (Å²) >= 11 is 0. The SMILES string of the molecule is [N-]=[N+]=NCc1ccc(-c2ccc([P+](c3ccccc3)(c3ccccc3)c3ccccc3)cc2)cc1. The van der Waals surface area contributed by atoms with Crippen LogP contribution in [0.25, 0.3) is 21.6 Å². The van der Waals surface area contributed by atoms with Gasteiger partial charge >= 0.3 is 0 Å². The van der Waals surface area contributed by atoms with Gasteiger partial charge in [0, 0.05) is 4.91 Å². The molecule has 0 spiro atoms. The zero-order valence-electron chi connectivity index (χ0n) is 19.3. The van der Waals surface area contributed by atoms with Crippen molar-refractivity contribution in [2.75, 3.05) is 0 Å². The Balaban J connectivity index is 1.66. The van der Waals surface area contributed by atoms with Gasteiger partial charge in [0.1, 0.15) is 28.5 Å². The smallest absolute Gasteiger partial charge is 0.0893 e. The molecule has 0 saturated heterocycles. The number of azide groups is 1. The summed E-state index contributed by atoms with van der Waals surface area (Å²) in [5.41, 5.74) is 11.9. The minimum Gasteiger partial charge on any atom is -0.0893 e. The fourth-order valence-electron chi connectivity index (χ4n) is 4.64. The van der Waals surface area contributed by atoms with E-state index in [4.69, 9.17) is 5.53 Å². The van der Waals surface area contributed by atoms with Crippen LogP contribution in [0.5, 0.6) is 0 Å². The number of nitrogens with zero attached hydrogens (tertiary/aromatic N) is 3. The topological polar surface area (TPSA) is 48.8 Å². The average molecular weight is 471 g/mol. The number of hydrogen-bond acceptors (Lipinski definition) is 1. The second-order valence-electron chi connectivity index (χ2n) is 8.31. The van der Waals surface area contributed by atoms with Crippen molar-refractivity contribution in [1.29, 1.82) is 0 Å². The summed E-state index contributed by atoms with van der Waals surface area (Å²) in [5.74, 6) is 0. The molecule has 5 rings (SSSR count). The predicted molar refractivity (Wildman–Crippen MR) is 150 cm³/mol. The molecular formula is C31H25N3P+. The van der Waals surface area contributed by atoms with Gasteiger partial charge in [-0.15, -0.1) is 0 Å². The monoisotopic (exact) mass is 470 g/mol. The third-order valence-corrected chi connectivity index (χ3v) is 10.6. The van der Waals surface area contributed by atoms with Gasteiger partial charge in [0.15, 0.2) is 0 Å². The van der Waals surface area contributed by atoms with Crippen molar-refractivity contribution in [2.24, 2.45) is 5.11 Å². The van der Waals surface area contributed by atoms with Crippen LogP contribution in [-0.4, -0.2) is 0 Å². The molecule has 5 aromatic rings. The largest absolute Gasteiger partial charge is 0.144 e. The van der Waals surface area contributed by atoms with Crippen LogP contribution >= 0.6 is 7.26 Å². The van der Waals surface area contributed by atoms with Gasteiger partial charge in [0.05, 0.1) is 6.54 Å². The highest BCUT2D eigenvalue weighted by Crippen LogP contribution is 2.54. The van der Waals surface area contributed by atoms with Crippen molar-refractivity contribution in [3.8, 4) is 11.1 Å². The minimum atomic E-state index is -2.08. The Bertz CT molecular complexity index is 1330. The van der Waals surface area contributed by atoms with Gasteiger partial charge < -0.3 is 0 Å². The zero-order chi connectivity index (χ0) is 23.9. The molecule has 0 aliphatic heterocycles. The van der Waals surface area contributed by atoms with Gasteiger partial charge in [-0.1, -0.05) is 96.1 Å². The third kappa shape index (κ3) is 4.48. The lowest BCUT2D eigenvalue weighted by atomic mass is 10.0. The van der Waals surface area contributed by atoms with E-state index in [9.17, 15) is 0 Å². The van der Waals surface area contributed by atoms with Crippen molar-refractivity contribution in [3.05, 3.63) is 156 Å². The molecule has 3 nitrogen and oxygen atoms in total. The fraction of sp³-hybridized carbons (Fsp3) is 0.0323. The Hall–Kier alpha value is -4.16. The van der Waals surface area contributed by atoms with Gasteiger partial charge in [-0.25, -0.2) is 0 Å². The predicted octanol–water partition coefficient (Wildman–Crippen LogP) is 6.78. The molecule has 0 saturated carbocycles. The molecule has 0 radical (unpaired) electrons. The molecule has 0 aliphatic carbocycles. The lowest BCUT2D eigenvalue weighted by molar-refractivity contribution is 1.05. The first-order chi connectivity index (χ1) is 17.3. The summed E-state index contributed by atoms with van der Waals surface area (Å²) in [6, 6.07) is 50.0. The second-order valence-corrected chi connectivity index (χ2v) is 11.7. The Morgan fingerprint density at radius 3 is 1.26 bits per heavy atom. The number of hydrogen-bond donors (Lipinski definition) is 0. The molecule has 168 valence electrons. The number of benzene rings is 5. The summed E-state index contributed by atoms with van der Waals surface area (Å²) in [4.78, 5) is 2.85. The minimum absolute atomic E-state index is 0.369. The van der Waals surface area contributed by atoms with E-state index >= 15 is 0 Å². The standard InChI is InChI=1S/C31H25N3P/c32-34-33-24-25-16-18-26(19-17-25)27-20-22-31(23-21-27)35(28-10-4-1-5-11-28,29-12-6-2-7-13-29)30-14-8-3-9-15-30/h1-23H,24H2/q+1. The van der Waals surface area contributed by atoms with Crippen LogP contribution in [0, 0.1) is 0 Å². The molecule has 0 aliphatic rings. The van der Waals surface area contributed by atoms with E-state index < -0.39 is 7.26 Å². The molecule has 35 heavy (non-hydrogen) atoms. The van der Waals surface area contributed by atoms with E-state index in [1.54, 1.807) is 0 Å². The van der Waals surface area contributed by atoms with E-state index in [-0.39, 0.29) is 0 Å². The molecule has 0 amide bonds. The first kappa shape index (κ1) is 22.6. The molecule has 0 unspecified atom stereocenters. The van der Waals surface area contributed by atoms with Crippen LogP contribution < -0.4 is 21.2 Å². The summed E-state index contributed by atoms with van der Waals surface area (Å²) in [7, 11) is -2.08. The van der Waals surface area contributed by atoms with Crippen molar-refractivity contribution in [2.45, 2.75) is 6.54 Å². The van der Waals surface area contributed by atoms with Gasteiger partial charge in [0.25, 0.3) is 0 Å².